The molecular weight excluding hydrogens is 184 g/mol. The van der Waals surface area contributed by atoms with E-state index in [4.69, 9.17) is 9.26 Å². The van der Waals surface area contributed by atoms with Crippen molar-refractivity contribution in [3.8, 4) is 0 Å². The lowest BCUT2D eigenvalue weighted by atomic mass is 10.2. The Balaban J connectivity index is 2.11. The number of hydrogen-bond donors (Lipinski definition) is 0. The van der Waals surface area contributed by atoms with Gasteiger partial charge in [-0.2, -0.15) is 0 Å². The highest BCUT2D eigenvalue weighted by Crippen LogP contribution is 2.10. The molecule has 0 atom stereocenters. The average Bonchev–Trinajstić information content (AvgIpc) is 2.65. The van der Waals surface area contributed by atoms with Gasteiger partial charge in [-0.25, -0.2) is 0 Å². The van der Waals surface area contributed by atoms with Gasteiger partial charge in [0.2, 0.25) is 0 Å². The molecule has 1 aromatic rings. The lowest BCUT2D eigenvalue weighted by Crippen LogP contribution is -2.40. The van der Waals surface area contributed by atoms with Crippen molar-refractivity contribution in [1.29, 1.82) is 0 Å². The van der Waals surface area contributed by atoms with Crippen molar-refractivity contribution in [2.45, 2.75) is 6.92 Å². The van der Waals surface area contributed by atoms with Crippen LogP contribution < -0.4 is 0 Å². The molecule has 1 saturated heterocycles. The van der Waals surface area contributed by atoms with E-state index in [1.54, 1.807) is 11.8 Å². The second-order valence-electron chi connectivity index (χ2n) is 3.22. The molecule has 5 nitrogen and oxygen atoms in total. The zero-order valence-corrected chi connectivity index (χ0v) is 8.02. The Labute approximate surface area is 81.6 Å². The number of amides is 1. The number of morpholine rings is 1. The molecule has 0 aromatic carbocycles. The van der Waals surface area contributed by atoms with Crippen LogP contribution in [0.2, 0.25) is 0 Å². The SMILES string of the molecule is Cc1nocc1C(=O)N1CCOCC1. The molecule has 5 heteroatoms. The van der Waals surface area contributed by atoms with Crippen LogP contribution in [0.5, 0.6) is 0 Å². The third-order valence-corrected chi connectivity index (χ3v) is 2.28. The van der Waals surface area contributed by atoms with Gasteiger partial charge in [0.1, 0.15) is 11.8 Å². The summed E-state index contributed by atoms with van der Waals surface area (Å²) in [5, 5.41) is 3.68. The number of aryl methyl sites for hydroxylation is 1. The zero-order chi connectivity index (χ0) is 9.97. The van der Waals surface area contributed by atoms with Crippen LogP contribution in [-0.2, 0) is 4.74 Å². The molecule has 1 aliphatic rings. The Hall–Kier alpha value is -1.36. The van der Waals surface area contributed by atoms with Gasteiger partial charge in [-0.1, -0.05) is 5.16 Å². The summed E-state index contributed by atoms with van der Waals surface area (Å²) in [5.74, 6) is -0.0212. The standard InChI is InChI=1S/C9H12N2O3/c1-7-8(6-14-10-7)9(12)11-2-4-13-5-3-11/h6H,2-5H2,1H3. The van der Waals surface area contributed by atoms with Gasteiger partial charge >= 0.3 is 0 Å². The number of ether oxygens (including phenoxy) is 1. The molecule has 2 heterocycles. The van der Waals surface area contributed by atoms with Crippen LogP contribution in [0.1, 0.15) is 16.1 Å². The first-order valence-electron chi connectivity index (χ1n) is 4.57. The van der Waals surface area contributed by atoms with Gasteiger partial charge in [0, 0.05) is 13.1 Å². The third kappa shape index (κ3) is 1.63. The van der Waals surface area contributed by atoms with Crippen LogP contribution >= 0.6 is 0 Å². The van der Waals surface area contributed by atoms with Crippen molar-refractivity contribution >= 4 is 5.91 Å². The predicted molar refractivity (Wildman–Crippen MR) is 48.0 cm³/mol. The Bertz CT molecular complexity index is 329. The van der Waals surface area contributed by atoms with Gasteiger partial charge in [0.25, 0.3) is 5.91 Å². The summed E-state index contributed by atoms with van der Waals surface area (Å²) in [6.07, 6.45) is 1.40. The molecule has 0 unspecified atom stereocenters. The number of carbonyl (C=O) groups excluding carboxylic acids is 1. The summed E-state index contributed by atoms with van der Waals surface area (Å²) in [6, 6.07) is 0. The molecule has 0 radical (unpaired) electrons. The molecule has 76 valence electrons. The predicted octanol–water partition coefficient (Wildman–Crippen LogP) is 0.455. The highest BCUT2D eigenvalue weighted by Gasteiger charge is 2.21. The first kappa shape index (κ1) is 9.21. The quantitative estimate of drug-likeness (QED) is 0.654. The number of nitrogens with zero attached hydrogens (tertiary/aromatic N) is 2. The van der Waals surface area contributed by atoms with Crippen LogP contribution in [-0.4, -0.2) is 42.3 Å². The second kappa shape index (κ2) is 3.79. The minimum atomic E-state index is -0.0212. The topological polar surface area (TPSA) is 55.6 Å². The van der Waals surface area contributed by atoms with E-state index in [0.29, 0.717) is 37.6 Å². The Morgan fingerprint density at radius 2 is 2.21 bits per heavy atom. The van der Waals surface area contributed by atoms with Gasteiger partial charge in [0.05, 0.1) is 18.9 Å². The maximum Gasteiger partial charge on any atom is 0.259 e. The molecule has 1 aliphatic heterocycles. The first-order valence-corrected chi connectivity index (χ1v) is 4.57. The van der Waals surface area contributed by atoms with Gasteiger partial charge in [-0.05, 0) is 6.92 Å². The largest absolute Gasteiger partial charge is 0.378 e. The van der Waals surface area contributed by atoms with E-state index in [1.807, 2.05) is 0 Å². The fourth-order valence-corrected chi connectivity index (χ4v) is 1.43. The molecule has 0 bridgehead atoms. The van der Waals surface area contributed by atoms with E-state index in [9.17, 15) is 4.79 Å². The number of rotatable bonds is 1. The maximum atomic E-state index is 11.9. The molecule has 0 spiro atoms. The van der Waals surface area contributed by atoms with E-state index in [0.717, 1.165) is 0 Å². The molecule has 0 saturated carbocycles. The normalized spacial score (nSPS) is 17.1. The van der Waals surface area contributed by atoms with Crippen molar-refractivity contribution in [2.24, 2.45) is 0 Å². The van der Waals surface area contributed by atoms with E-state index >= 15 is 0 Å². The zero-order valence-electron chi connectivity index (χ0n) is 8.02. The van der Waals surface area contributed by atoms with Gasteiger partial charge < -0.3 is 14.2 Å². The smallest absolute Gasteiger partial charge is 0.259 e. The maximum absolute atomic E-state index is 11.9. The van der Waals surface area contributed by atoms with Gasteiger partial charge in [-0.15, -0.1) is 0 Å². The third-order valence-electron chi connectivity index (χ3n) is 2.28. The Morgan fingerprint density at radius 3 is 2.79 bits per heavy atom. The van der Waals surface area contributed by atoms with Crippen LogP contribution in [0.25, 0.3) is 0 Å². The van der Waals surface area contributed by atoms with Crippen LogP contribution in [0.15, 0.2) is 10.8 Å². The minimum Gasteiger partial charge on any atom is -0.378 e. The molecule has 2 rings (SSSR count). The summed E-state index contributed by atoms with van der Waals surface area (Å²) < 4.78 is 9.89. The molecule has 0 N–H and O–H groups in total. The minimum absolute atomic E-state index is 0.0212. The summed E-state index contributed by atoms with van der Waals surface area (Å²) in [4.78, 5) is 13.6. The van der Waals surface area contributed by atoms with Crippen molar-refractivity contribution in [2.75, 3.05) is 26.3 Å². The lowest BCUT2D eigenvalue weighted by Gasteiger charge is -2.26. The molecule has 14 heavy (non-hydrogen) atoms. The van der Waals surface area contributed by atoms with Crippen molar-refractivity contribution < 1.29 is 14.1 Å². The first-order chi connectivity index (χ1) is 6.79. The van der Waals surface area contributed by atoms with Crippen LogP contribution in [0.4, 0.5) is 0 Å². The highest BCUT2D eigenvalue weighted by atomic mass is 16.5. The number of carbonyl (C=O) groups is 1. The van der Waals surface area contributed by atoms with E-state index < -0.39 is 0 Å². The summed E-state index contributed by atoms with van der Waals surface area (Å²) in [5.41, 5.74) is 1.19. The monoisotopic (exact) mass is 196 g/mol. The van der Waals surface area contributed by atoms with E-state index in [-0.39, 0.29) is 5.91 Å². The molecular formula is C9H12N2O3. The van der Waals surface area contributed by atoms with E-state index in [2.05, 4.69) is 5.16 Å². The van der Waals surface area contributed by atoms with E-state index in [1.165, 1.54) is 6.26 Å². The average molecular weight is 196 g/mol. The fraction of sp³-hybridized carbons (Fsp3) is 0.556. The molecule has 1 fully saturated rings. The number of hydrogen-bond acceptors (Lipinski definition) is 4. The Morgan fingerprint density at radius 1 is 1.50 bits per heavy atom. The highest BCUT2D eigenvalue weighted by molar-refractivity contribution is 5.94. The van der Waals surface area contributed by atoms with Crippen LogP contribution in [0.3, 0.4) is 0 Å². The lowest BCUT2D eigenvalue weighted by molar-refractivity contribution is 0.0302. The van der Waals surface area contributed by atoms with Crippen molar-refractivity contribution in [3.63, 3.8) is 0 Å². The van der Waals surface area contributed by atoms with Gasteiger partial charge in [0.15, 0.2) is 0 Å². The summed E-state index contributed by atoms with van der Waals surface area (Å²) in [7, 11) is 0. The summed E-state index contributed by atoms with van der Waals surface area (Å²) >= 11 is 0. The second-order valence-corrected chi connectivity index (χ2v) is 3.22. The molecule has 1 aromatic heterocycles. The van der Waals surface area contributed by atoms with Crippen LogP contribution in [0, 0.1) is 6.92 Å². The summed E-state index contributed by atoms with van der Waals surface area (Å²) in [6.45, 7) is 4.26. The number of aromatic nitrogens is 1. The van der Waals surface area contributed by atoms with Gasteiger partial charge in [-0.3, -0.25) is 4.79 Å². The Kier molecular flexibility index (Phi) is 2.49. The van der Waals surface area contributed by atoms with Crippen molar-refractivity contribution in [3.05, 3.63) is 17.5 Å². The molecule has 0 aliphatic carbocycles. The molecule has 1 amide bonds. The fourth-order valence-electron chi connectivity index (χ4n) is 1.43. The van der Waals surface area contributed by atoms with Crippen molar-refractivity contribution in [1.82, 2.24) is 10.1 Å².